The van der Waals surface area contributed by atoms with Crippen molar-refractivity contribution in [1.82, 2.24) is 15.2 Å². The second-order valence-electron chi connectivity index (χ2n) is 8.37. The molecular formula is C21H27F3N6O3. The van der Waals surface area contributed by atoms with E-state index in [2.05, 4.69) is 15.6 Å². The molecule has 0 bridgehead atoms. The quantitative estimate of drug-likeness (QED) is 0.450. The highest BCUT2D eigenvalue weighted by Gasteiger charge is 2.43. The molecule has 3 rings (SSSR count). The number of nitrogens with two attached hydrogens (primary N) is 1. The number of rotatable bonds is 7. The summed E-state index contributed by atoms with van der Waals surface area (Å²) in [5, 5.41) is 13.3. The molecule has 2 fully saturated rings. The summed E-state index contributed by atoms with van der Waals surface area (Å²) in [7, 11) is 0. The fourth-order valence-electron chi connectivity index (χ4n) is 4.41. The van der Waals surface area contributed by atoms with E-state index < -0.39 is 41.7 Å². The Morgan fingerprint density at radius 3 is 2.67 bits per heavy atom. The summed E-state index contributed by atoms with van der Waals surface area (Å²) in [5.74, 6) is -3.17. The van der Waals surface area contributed by atoms with Crippen LogP contribution >= 0.6 is 0 Å². The van der Waals surface area contributed by atoms with Crippen LogP contribution in [0.5, 0.6) is 0 Å². The number of nitrogens with one attached hydrogen (secondary N) is 3. The minimum atomic E-state index is -4.28. The molecule has 12 heteroatoms. The lowest BCUT2D eigenvalue weighted by Crippen LogP contribution is -2.51. The molecule has 33 heavy (non-hydrogen) atoms. The van der Waals surface area contributed by atoms with Gasteiger partial charge in [-0.25, -0.2) is 0 Å². The Morgan fingerprint density at radius 2 is 1.97 bits per heavy atom. The first kappa shape index (κ1) is 24.5. The first-order valence-electron chi connectivity index (χ1n) is 10.8. The van der Waals surface area contributed by atoms with Crippen molar-refractivity contribution in [3.8, 4) is 0 Å². The van der Waals surface area contributed by atoms with E-state index >= 15 is 0 Å². The van der Waals surface area contributed by atoms with Gasteiger partial charge in [0, 0.05) is 24.3 Å². The molecule has 2 heterocycles. The lowest BCUT2D eigenvalue weighted by atomic mass is 9.85. The molecule has 1 saturated heterocycles. The zero-order valence-corrected chi connectivity index (χ0v) is 18.0. The zero-order valence-electron chi connectivity index (χ0n) is 18.0. The zero-order chi connectivity index (χ0) is 24.2. The summed E-state index contributed by atoms with van der Waals surface area (Å²) >= 11 is 0. The number of alkyl halides is 3. The number of amides is 3. The SMILES string of the molecule is N=C(C(N)=O)c1ccncc1NCC(=O)N1CCC[C@H]1C(=O)NC1CCC[C@H](C(F)(F)F)C1. The van der Waals surface area contributed by atoms with Gasteiger partial charge in [0.25, 0.3) is 5.91 Å². The Hall–Kier alpha value is -3.18. The smallest absolute Gasteiger partial charge is 0.374 e. The predicted molar refractivity (Wildman–Crippen MR) is 113 cm³/mol. The number of halogens is 3. The van der Waals surface area contributed by atoms with Crippen LogP contribution in [0, 0.1) is 11.3 Å². The van der Waals surface area contributed by atoms with E-state index in [1.165, 1.54) is 23.4 Å². The number of hydrogen-bond donors (Lipinski definition) is 4. The molecule has 180 valence electrons. The van der Waals surface area contributed by atoms with E-state index in [1.807, 2.05) is 0 Å². The molecule has 1 unspecified atom stereocenters. The van der Waals surface area contributed by atoms with E-state index in [9.17, 15) is 27.6 Å². The van der Waals surface area contributed by atoms with Crippen molar-refractivity contribution in [3.63, 3.8) is 0 Å². The van der Waals surface area contributed by atoms with Crippen LogP contribution in [0.25, 0.3) is 0 Å². The van der Waals surface area contributed by atoms with Crippen LogP contribution in [0.15, 0.2) is 18.5 Å². The standard InChI is InChI=1S/C21H27F3N6O3/c22-21(23,24)12-3-1-4-13(9-12)29-20(33)16-5-2-8-30(16)17(31)11-28-15-10-27-7-6-14(15)18(25)19(26)32/h6-7,10,12-13,16,25,28H,1-5,8-9,11H2,(H2,26,32)(H,29,33)/t12-,13?,16-/m0/s1. The molecule has 1 aliphatic heterocycles. The van der Waals surface area contributed by atoms with Crippen molar-refractivity contribution < 1.29 is 27.6 Å². The number of carbonyl (C=O) groups is 3. The Kier molecular flexibility index (Phi) is 7.54. The third-order valence-electron chi connectivity index (χ3n) is 6.13. The van der Waals surface area contributed by atoms with Gasteiger partial charge < -0.3 is 21.3 Å². The van der Waals surface area contributed by atoms with Gasteiger partial charge in [-0.3, -0.25) is 24.8 Å². The van der Waals surface area contributed by atoms with Crippen LogP contribution < -0.4 is 16.4 Å². The Balaban J connectivity index is 1.59. The van der Waals surface area contributed by atoms with Gasteiger partial charge in [0.05, 0.1) is 24.3 Å². The third kappa shape index (κ3) is 5.99. The highest BCUT2D eigenvalue weighted by atomic mass is 19.4. The summed E-state index contributed by atoms with van der Waals surface area (Å²) in [6.45, 7) is 0.138. The minimum absolute atomic E-state index is 0.0686. The van der Waals surface area contributed by atoms with Crippen LogP contribution in [0.3, 0.4) is 0 Å². The highest BCUT2D eigenvalue weighted by Crippen LogP contribution is 2.37. The molecule has 3 atom stereocenters. The maximum atomic E-state index is 13.1. The van der Waals surface area contributed by atoms with Gasteiger partial charge >= 0.3 is 6.18 Å². The first-order chi connectivity index (χ1) is 15.6. The molecule has 2 aliphatic rings. The van der Waals surface area contributed by atoms with Gasteiger partial charge in [-0.1, -0.05) is 6.42 Å². The van der Waals surface area contributed by atoms with E-state index in [0.29, 0.717) is 32.2 Å². The molecule has 3 amide bonds. The second-order valence-corrected chi connectivity index (χ2v) is 8.37. The van der Waals surface area contributed by atoms with E-state index in [4.69, 9.17) is 11.1 Å². The highest BCUT2D eigenvalue weighted by molar-refractivity contribution is 6.44. The number of primary amides is 1. The second kappa shape index (κ2) is 10.2. The fourth-order valence-corrected chi connectivity index (χ4v) is 4.41. The van der Waals surface area contributed by atoms with Crippen LogP contribution in [-0.2, 0) is 14.4 Å². The number of likely N-dealkylation sites (tertiary alicyclic amines) is 1. The number of aromatic nitrogens is 1. The lowest BCUT2D eigenvalue weighted by molar-refractivity contribution is -0.184. The van der Waals surface area contributed by atoms with Crippen molar-refractivity contribution in [2.45, 2.75) is 56.8 Å². The van der Waals surface area contributed by atoms with E-state index in [1.54, 1.807) is 0 Å². The monoisotopic (exact) mass is 468 g/mol. The van der Waals surface area contributed by atoms with Gasteiger partial charge in [0.1, 0.15) is 11.8 Å². The number of hydrogen-bond acceptors (Lipinski definition) is 6. The lowest BCUT2D eigenvalue weighted by Gasteiger charge is -2.32. The summed E-state index contributed by atoms with van der Waals surface area (Å²) in [6.07, 6.45) is 0.286. The van der Waals surface area contributed by atoms with Crippen LogP contribution in [0.1, 0.15) is 44.1 Å². The Morgan fingerprint density at radius 1 is 1.21 bits per heavy atom. The van der Waals surface area contributed by atoms with Gasteiger partial charge in [-0.05, 0) is 38.2 Å². The molecule has 1 aromatic heterocycles. The third-order valence-corrected chi connectivity index (χ3v) is 6.13. The molecule has 1 saturated carbocycles. The maximum absolute atomic E-state index is 13.1. The van der Waals surface area contributed by atoms with Crippen LogP contribution in [-0.4, -0.2) is 64.7 Å². The average Bonchev–Trinajstić information content (AvgIpc) is 3.27. The summed E-state index contributed by atoms with van der Waals surface area (Å²) < 4.78 is 39.2. The van der Waals surface area contributed by atoms with Gasteiger partial charge in [-0.2, -0.15) is 13.2 Å². The summed E-state index contributed by atoms with van der Waals surface area (Å²) in [6, 6.07) is 0.110. The molecule has 0 radical (unpaired) electrons. The molecule has 1 aromatic rings. The first-order valence-corrected chi connectivity index (χ1v) is 10.8. The topological polar surface area (TPSA) is 141 Å². The molecule has 9 nitrogen and oxygen atoms in total. The molecule has 0 aromatic carbocycles. The number of pyridine rings is 1. The van der Waals surface area contributed by atoms with E-state index in [-0.39, 0.29) is 36.5 Å². The number of anilines is 1. The normalized spacial score (nSPS) is 23.1. The van der Waals surface area contributed by atoms with Crippen molar-refractivity contribution in [3.05, 3.63) is 24.0 Å². The van der Waals surface area contributed by atoms with Crippen molar-refractivity contribution in [2.24, 2.45) is 11.7 Å². The summed E-state index contributed by atoms with van der Waals surface area (Å²) in [4.78, 5) is 42.2. The molecular weight excluding hydrogens is 441 g/mol. The van der Waals surface area contributed by atoms with Crippen molar-refractivity contribution in [2.75, 3.05) is 18.4 Å². The minimum Gasteiger partial charge on any atom is -0.374 e. The van der Waals surface area contributed by atoms with Crippen LogP contribution in [0.2, 0.25) is 0 Å². The van der Waals surface area contributed by atoms with Crippen LogP contribution in [0.4, 0.5) is 18.9 Å². The van der Waals surface area contributed by atoms with Gasteiger partial charge in [-0.15, -0.1) is 0 Å². The molecule has 0 spiro atoms. The molecule has 1 aliphatic carbocycles. The number of carbonyl (C=O) groups excluding carboxylic acids is 3. The Labute approximate surface area is 188 Å². The van der Waals surface area contributed by atoms with Gasteiger partial charge in [0.2, 0.25) is 11.8 Å². The largest absolute Gasteiger partial charge is 0.391 e. The summed E-state index contributed by atoms with van der Waals surface area (Å²) in [5.41, 5.74) is 5.19. The average molecular weight is 468 g/mol. The van der Waals surface area contributed by atoms with Gasteiger partial charge in [0.15, 0.2) is 0 Å². The number of nitrogens with zero attached hydrogens (tertiary/aromatic N) is 2. The van der Waals surface area contributed by atoms with Crippen molar-refractivity contribution in [1.29, 1.82) is 5.41 Å². The van der Waals surface area contributed by atoms with E-state index in [0.717, 1.165) is 0 Å². The maximum Gasteiger partial charge on any atom is 0.391 e. The van der Waals surface area contributed by atoms with Crippen molar-refractivity contribution >= 4 is 29.1 Å². The Bertz CT molecular complexity index is 923. The predicted octanol–water partition coefficient (Wildman–Crippen LogP) is 1.57. The molecule has 5 N–H and O–H groups in total. The fraction of sp³-hybridized carbons (Fsp3) is 0.571.